The van der Waals surface area contributed by atoms with E-state index in [0.717, 1.165) is 16.0 Å². The number of hydrogen-bond donors (Lipinski definition) is 1. The number of benzene rings is 3. The number of hydrogen-bond acceptors (Lipinski definition) is 6. The van der Waals surface area contributed by atoms with E-state index in [-0.39, 0.29) is 11.4 Å². The third-order valence-electron chi connectivity index (χ3n) is 7.16. The molecular formula is C27H19ClN4O5. The standard InChI is InChI=1S/C27H19ClN4O5/c28-16-5-7-17(8-6-16)29-25(33)24-22-21(23-20-4-2-1-3-15(20)13-14-30(23)24)26(34)31(27(22)35)18-9-11-19(12-10-18)32(36)37/h1-14,21-24H,(H,29,33)/t21-,22+,23?,24-/m0/s1. The van der Waals surface area contributed by atoms with E-state index in [1.807, 2.05) is 30.3 Å². The first-order chi connectivity index (χ1) is 17.8. The molecule has 2 fully saturated rings. The number of imide groups is 1. The average molecular weight is 515 g/mol. The van der Waals surface area contributed by atoms with Crippen molar-refractivity contribution in [2.45, 2.75) is 12.1 Å². The number of nitrogens with one attached hydrogen (secondary N) is 1. The summed E-state index contributed by atoms with van der Waals surface area (Å²) in [5.74, 6) is -3.13. The van der Waals surface area contributed by atoms with Crippen LogP contribution in [-0.2, 0) is 14.4 Å². The maximum absolute atomic E-state index is 13.8. The Morgan fingerprint density at radius 2 is 1.59 bits per heavy atom. The zero-order chi connectivity index (χ0) is 25.8. The lowest BCUT2D eigenvalue weighted by molar-refractivity contribution is -0.384. The number of nitrogens with zero attached hydrogens (tertiary/aromatic N) is 3. The molecule has 0 spiro atoms. The summed E-state index contributed by atoms with van der Waals surface area (Å²) in [5.41, 5.74) is 2.36. The molecule has 3 aromatic carbocycles. The normalized spacial score (nSPS) is 23.5. The molecule has 37 heavy (non-hydrogen) atoms. The summed E-state index contributed by atoms with van der Waals surface area (Å²) >= 11 is 5.97. The number of amides is 3. The minimum Gasteiger partial charge on any atom is -0.357 e. The molecule has 0 radical (unpaired) electrons. The Hall–Kier alpha value is -4.50. The van der Waals surface area contributed by atoms with Crippen LogP contribution in [0, 0.1) is 22.0 Å². The fourth-order valence-corrected chi connectivity index (χ4v) is 5.71. The molecule has 3 heterocycles. The van der Waals surface area contributed by atoms with Crippen molar-refractivity contribution in [1.82, 2.24) is 4.90 Å². The van der Waals surface area contributed by atoms with Gasteiger partial charge < -0.3 is 10.2 Å². The predicted octanol–water partition coefficient (Wildman–Crippen LogP) is 4.40. The Bertz CT molecular complexity index is 1490. The Kier molecular flexibility index (Phi) is 5.31. The van der Waals surface area contributed by atoms with Crippen molar-refractivity contribution >= 4 is 52.5 Å². The van der Waals surface area contributed by atoms with Gasteiger partial charge in [0.25, 0.3) is 5.69 Å². The number of carbonyl (C=O) groups excluding carboxylic acids is 3. The van der Waals surface area contributed by atoms with Gasteiger partial charge in [0.15, 0.2) is 0 Å². The first-order valence-electron chi connectivity index (χ1n) is 11.6. The van der Waals surface area contributed by atoms with Crippen molar-refractivity contribution in [2.75, 3.05) is 10.2 Å². The second-order valence-corrected chi connectivity index (χ2v) is 9.55. The molecule has 0 aliphatic carbocycles. The van der Waals surface area contributed by atoms with Gasteiger partial charge >= 0.3 is 0 Å². The SMILES string of the molecule is O=C(Nc1ccc(Cl)cc1)[C@@H]1[C@@H]2C(=O)N(c3ccc([N+](=O)[O-])cc3)C(=O)[C@@H]2C2c3ccccc3C=CN21. The van der Waals surface area contributed by atoms with Crippen LogP contribution in [-0.4, -0.2) is 33.6 Å². The van der Waals surface area contributed by atoms with E-state index >= 15 is 0 Å². The second-order valence-electron chi connectivity index (χ2n) is 9.11. The first kappa shape index (κ1) is 22.9. The molecule has 0 aromatic heterocycles. The van der Waals surface area contributed by atoms with Crippen molar-refractivity contribution in [1.29, 1.82) is 0 Å². The Labute approximate surface area is 216 Å². The molecule has 3 aliphatic heterocycles. The highest BCUT2D eigenvalue weighted by Gasteiger charge is 2.64. The van der Waals surface area contributed by atoms with Gasteiger partial charge in [-0.3, -0.25) is 24.5 Å². The van der Waals surface area contributed by atoms with E-state index < -0.39 is 46.6 Å². The van der Waals surface area contributed by atoms with Crippen molar-refractivity contribution in [3.8, 4) is 0 Å². The van der Waals surface area contributed by atoms with Gasteiger partial charge in [-0.1, -0.05) is 35.9 Å². The van der Waals surface area contributed by atoms with Crippen LogP contribution in [0.1, 0.15) is 17.2 Å². The molecule has 1 unspecified atom stereocenters. The number of carbonyl (C=O) groups is 3. The monoisotopic (exact) mass is 514 g/mol. The topological polar surface area (TPSA) is 113 Å². The average Bonchev–Trinajstić information content (AvgIpc) is 3.38. The molecule has 3 aromatic rings. The van der Waals surface area contributed by atoms with E-state index in [1.54, 1.807) is 35.4 Å². The summed E-state index contributed by atoms with van der Waals surface area (Å²) in [6.07, 6.45) is 3.65. The van der Waals surface area contributed by atoms with Crippen LogP contribution >= 0.6 is 11.6 Å². The molecule has 2 saturated heterocycles. The van der Waals surface area contributed by atoms with E-state index in [2.05, 4.69) is 5.32 Å². The van der Waals surface area contributed by atoms with Crippen LogP contribution in [0.4, 0.5) is 17.1 Å². The van der Waals surface area contributed by atoms with Gasteiger partial charge in [0.1, 0.15) is 6.04 Å². The number of anilines is 2. The minimum atomic E-state index is -0.949. The minimum absolute atomic E-state index is 0.152. The maximum atomic E-state index is 13.8. The van der Waals surface area contributed by atoms with Gasteiger partial charge in [-0.15, -0.1) is 0 Å². The van der Waals surface area contributed by atoms with E-state index in [4.69, 9.17) is 11.6 Å². The van der Waals surface area contributed by atoms with E-state index in [0.29, 0.717) is 10.7 Å². The summed E-state index contributed by atoms with van der Waals surface area (Å²) in [4.78, 5) is 54.7. The van der Waals surface area contributed by atoms with Crippen molar-refractivity contribution in [2.24, 2.45) is 11.8 Å². The molecule has 1 N–H and O–H groups in total. The van der Waals surface area contributed by atoms with Gasteiger partial charge in [-0.25, -0.2) is 4.90 Å². The van der Waals surface area contributed by atoms with Crippen molar-refractivity contribution in [3.63, 3.8) is 0 Å². The highest BCUT2D eigenvalue weighted by molar-refractivity contribution is 6.30. The maximum Gasteiger partial charge on any atom is 0.269 e. The predicted molar refractivity (Wildman–Crippen MR) is 136 cm³/mol. The molecule has 3 aliphatic rings. The smallest absolute Gasteiger partial charge is 0.269 e. The van der Waals surface area contributed by atoms with Crippen LogP contribution in [0.5, 0.6) is 0 Å². The van der Waals surface area contributed by atoms with Crippen LogP contribution in [0.15, 0.2) is 79.0 Å². The summed E-state index contributed by atoms with van der Waals surface area (Å²) in [6, 6.07) is 18.0. The van der Waals surface area contributed by atoms with Gasteiger partial charge in [-0.2, -0.15) is 0 Å². The lowest BCUT2D eigenvalue weighted by Gasteiger charge is -2.35. The quantitative estimate of drug-likeness (QED) is 0.313. The first-order valence-corrected chi connectivity index (χ1v) is 12.0. The summed E-state index contributed by atoms with van der Waals surface area (Å²) < 4.78 is 0. The number of non-ortho nitro benzene ring substituents is 1. The summed E-state index contributed by atoms with van der Waals surface area (Å²) in [5, 5.41) is 14.5. The zero-order valence-electron chi connectivity index (χ0n) is 19.2. The summed E-state index contributed by atoms with van der Waals surface area (Å²) in [7, 11) is 0. The number of nitro benzene ring substituents is 1. The Morgan fingerprint density at radius 3 is 2.30 bits per heavy atom. The molecule has 4 atom stereocenters. The van der Waals surface area contributed by atoms with Crippen LogP contribution in [0.2, 0.25) is 5.02 Å². The second kappa shape index (κ2) is 8.56. The third-order valence-corrected chi connectivity index (χ3v) is 7.41. The molecule has 0 saturated carbocycles. The van der Waals surface area contributed by atoms with Crippen molar-refractivity contribution in [3.05, 3.63) is 105 Å². The number of halogens is 1. The largest absolute Gasteiger partial charge is 0.357 e. The molecule has 10 heteroatoms. The number of rotatable bonds is 4. The number of fused-ring (bicyclic) bond motifs is 5. The van der Waals surface area contributed by atoms with Crippen LogP contribution in [0.25, 0.3) is 6.08 Å². The lowest BCUT2D eigenvalue weighted by atomic mass is 9.84. The van der Waals surface area contributed by atoms with Crippen LogP contribution < -0.4 is 10.2 Å². The highest BCUT2D eigenvalue weighted by atomic mass is 35.5. The van der Waals surface area contributed by atoms with Gasteiger partial charge in [-0.05, 0) is 53.6 Å². The zero-order valence-corrected chi connectivity index (χ0v) is 19.9. The molecule has 184 valence electrons. The Balaban J connectivity index is 1.42. The van der Waals surface area contributed by atoms with Crippen molar-refractivity contribution < 1.29 is 19.3 Å². The molecule has 0 bridgehead atoms. The van der Waals surface area contributed by atoms with Gasteiger partial charge in [0, 0.05) is 29.0 Å². The van der Waals surface area contributed by atoms with E-state index in [1.165, 1.54) is 24.3 Å². The fraction of sp³-hybridized carbons (Fsp3) is 0.148. The molecule has 3 amide bonds. The summed E-state index contributed by atoms with van der Waals surface area (Å²) in [6.45, 7) is 0. The van der Waals surface area contributed by atoms with Crippen LogP contribution in [0.3, 0.4) is 0 Å². The third kappa shape index (κ3) is 3.58. The van der Waals surface area contributed by atoms with E-state index in [9.17, 15) is 24.5 Å². The Morgan fingerprint density at radius 1 is 0.919 bits per heavy atom. The van der Waals surface area contributed by atoms with Gasteiger partial charge in [0.05, 0.1) is 28.5 Å². The molecule has 9 nitrogen and oxygen atoms in total. The lowest BCUT2D eigenvalue weighted by Crippen LogP contribution is -2.46. The molecule has 6 rings (SSSR count). The van der Waals surface area contributed by atoms with Gasteiger partial charge in [0.2, 0.25) is 17.7 Å². The number of nitro groups is 1. The highest BCUT2D eigenvalue weighted by Crippen LogP contribution is 2.53. The molecular weight excluding hydrogens is 496 g/mol. The fourth-order valence-electron chi connectivity index (χ4n) is 5.58.